The van der Waals surface area contributed by atoms with Crippen LogP contribution >= 0.6 is 0 Å². The van der Waals surface area contributed by atoms with Crippen molar-refractivity contribution in [2.45, 2.75) is 38.6 Å². The van der Waals surface area contributed by atoms with Crippen LogP contribution in [-0.2, 0) is 0 Å². The molecule has 1 aromatic rings. The molecule has 92 valence electrons. The fourth-order valence-electron chi connectivity index (χ4n) is 1.56. The van der Waals surface area contributed by atoms with Crippen molar-refractivity contribution in [1.29, 1.82) is 0 Å². The Morgan fingerprint density at radius 2 is 2.24 bits per heavy atom. The Hall–Kier alpha value is -1.58. The summed E-state index contributed by atoms with van der Waals surface area (Å²) in [6.07, 6.45) is 3.16. The summed E-state index contributed by atoms with van der Waals surface area (Å²) in [5.74, 6) is 0.686. The maximum atomic E-state index is 11.9. The first-order chi connectivity index (χ1) is 8.13. The van der Waals surface area contributed by atoms with Crippen molar-refractivity contribution in [3.63, 3.8) is 0 Å². The molecule has 1 heterocycles. The molecule has 17 heavy (non-hydrogen) atoms. The van der Waals surface area contributed by atoms with E-state index in [4.69, 9.17) is 0 Å². The Labute approximate surface area is 102 Å². The number of pyridine rings is 1. The van der Waals surface area contributed by atoms with Crippen LogP contribution in [-0.4, -0.2) is 23.0 Å². The molecule has 1 aliphatic carbocycles. The summed E-state index contributed by atoms with van der Waals surface area (Å²) in [5.41, 5.74) is 0.491. The average Bonchev–Trinajstić information content (AvgIpc) is 3.04. The molecule has 0 aromatic carbocycles. The van der Waals surface area contributed by atoms with Crippen molar-refractivity contribution < 1.29 is 4.79 Å². The lowest BCUT2D eigenvalue weighted by molar-refractivity contribution is 0.0930. The lowest BCUT2D eigenvalue weighted by Crippen LogP contribution is -2.34. The van der Waals surface area contributed by atoms with Gasteiger partial charge in [-0.15, -0.1) is 0 Å². The van der Waals surface area contributed by atoms with Crippen LogP contribution in [0.2, 0.25) is 0 Å². The normalized spacial score (nSPS) is 16.4. The van der Waals surface area contributed by atoms with Gasteiger partial charge in [-0.2, -0.15) is 0 Å². The SMILES string of the molecule is CCCNc1cccc(C(=O)NC2(C)CC2)n1. The molecule has 0 bridgehead atoms. The molecule has 2 rings (SSSR count). The number of anilines is 1. The van der Waals surface area contributed by atoms with Crippen molar-refractivity contribution >= 4 is 11.7 Å². The number of aromatic nitrogens is 1. The van der Waals surface area contributed by atoms with E-state index in [1.807, 2.05) is 12.1 Å². The molecule has 1 saturated carbocycles. The third kappa shape index (κ3) is 3.19. The molecule has 0 spiro atoms. The summed E-state index contributed by atoms with van der Waals surface area (Å²) < 4.78 is 0. The van der Waals surface area contributed by atoms with E-state index in [0.717, 1.165) is 31.6 Å². The predicted molar refractivity (Wildman–Crippen MR) is 68.1 cm³/mol. The average molecular weight is 233 g/mol. The molecule has 0 saturated heterocycles. The van der Waals surface area contributed by atoms with Gasteiger partial charge < -0.3 is 10.6 Å². The van der Waals surface area contributed by atoms with Crippen LogP contribution < -0.4 is 10.6 Å². The fourth-order valence-corrected chi connectivity index (χ4v) is 1.56. The molecule has 2 N–H and O–H groups in total. The molecule has 4 nitrogen and oxygen atoms in total. The van der Waals surface area contributed by atoms with E-state index in [1.165, 1.54) is 0 Å². The van der Waals surface area contributed by atoms with Crippen molar-refractivity contribution in [3.8, 4) is 0 Å². The molecule has 1 amide bonds. The van der Waals surface area contributed by atoms with Crippen LogP contribution in [0.5, 0.6) is 0 Å². The molecule has 0 atom stereocenters. The molecular weight excluding hydrogens is 214 g/mol. The smallest absolute Gasteiger partial charge is 0.270 e. The summed E-state index contributed by atoms with van der Waals surface area (Å²) in [6.45, 7) is 5.03. The lowest BCUT2D eigenvalue weighted by atomic mass is 10.2. The summed E-state index contributed by atoms with van der Waals surface area (Å²) in [7, 11) is 0. The molecule has 0 radical (unpaired) electrons. The Kier molecular flexibility index (Phi) is 3.31. The summed E-state index contributed by atoms with van der Waals surface area (Å²) in [4.78, 5) is 16.2. The van der Waals surface area contributed by atoms with Gasteiger partial charge in [0.1, 0.15) is 11.5 Å². The van der Waals surface area contributed by atoms with Gasteiger partial charge in [-0.25, -0.2) is 4.98 Å². The Balaban J connectivity index is 2.01. The molecule has 1 aromatic heterocycles. The number of rotatable bonds is 5. The van der Waals surface area contributed by atoms with E-state index in [0.29, 0.717) is 5.69 Å². The van der Waals surface area contributed by atoms with Crippen molar-refractivity contribution in [3.05, 3.63) is 23.9 Å². The summed E-state index contributed by atoms with van der Waals surface area (Å²) >= 11 is 0. The minimum atomic E-state index is -0.0786. The van der Waals surface area contributed by atoms with Crippen LogP contribution in [0.25, 0.3) is 0 Å². The van der Waals surface area contributed by atoms with E-state index in [-0.39, 0.29) is 11.4 Å². The van der Waals surface area contributed by atoms with Gasteiger partial charge >= 0.3 is 0 Å². The van der Waals surface area contributed by atoms with Crippen LogP contribution in [0.3, 0.4) is 0 Å². The Morgan fingerprint density at radius 1 is 1.47 bits per heavy atom. The molecular formula is C13H19N3O. The maximum Gasteiger partial charge on any atom is 0.270 e. The zero-order valence-corrected chi connectivity index (χ0v) is 10.4. The Morgan fingerprint density at radius 3 is 2.88 bits per heavy atom. The molecule has 0 aliphatic heterocycles. The first kappa shape index (κ1) is 11.9. The standard InChI is InChI=1S/C13H19N3O/c1-3-9-14-11-6-4-5-10(15-11)12(17)16-13(2)7-8-13/h4-6H,3,7-9H2,1-2H3,(H,14,15)(H,16,17). The highest BCUT2D eigenvalue weighted by molar-refractivity contribution is 5.93. The van der Waals surface area contributed by atoms with E-state index < -0.39 is 0 Å². The number of nitrogens with zero attached hydrogens (tertiary/aromatic N) is 1. The zero-order valence-electron chi connectivity index (χ0n) is 10.4. The van der Waals surface area contributed by atoms with Crippen LogP contribution in [0.1, 0.15) is 43.6 Å². The number of hydrogen-bond donors (Lipinski definition) is 2. The first-order valence-electron chi connectivity index (χ1n) is 6.16. The third-order valence-electron chi connectivity index (χ3n) is 2.95. The van der Waals surface area contributed by atoms with Gasteiger partial charge in [-0.3, -0.25) is 4.79 Å². The van der Waals surface area contributed by atoms with Crippen molar-refractivity contribution in [2.24, 2.45) is 0 Å². The number of amides is 1. The summed E-state index contributed by atoms with van der Waals surface area (Å²) in [5, 5.41) is 6.18. The highest BCUT2D eigenvalue weighted by Gasteiger charge is 2.39. The van der Waals surface area contributed by atoms with E-state index in [9.17, 15) is 4.79 Å². The van der Waals surface area contributed by atoms with Crippen LogP contribution in [0.15, 0.2) is 18.2 Å². The maximum absolute atomic E-state index is 11.9. The van der Waals surface area contributed by atoms with Crippen molar-refractivity contribution in [1.82, 2.24) is 10.3 Å². The van der Waals surface area contributed by atoms with Gasteiger partial charge in [-0.05, 0) is 38.3 Å². The van der Waals surface area contributed by atoms with Gasteiger partial charge in [0.2, 0.25) is 0 Å². The largest absolute Gasteiger partial charge is 0.370 e. The second kappa shape index (κ2) is 4.73. The highest BCUT2D eigenvalue weighted by atomic mass is 16.2. The van der Waals surface area contributed by atoms with Gasteiger partial charge in [-0.1, -0.05) is 13.0 Å². The van der Waals surface area contributed by atoms with E-state index >= 15 is 0 Å². The monoisotopic (exact) mass is 233 g/mol. The van der Waals surface area contributed by atoms with Gasteiger partial charge in [0.05, 0.1) is 0 Å². The molecule has 1 fully saturated rings. The lowest BCUT2D eigenvalue weighted by Gasteiger charge is -2.11. The third-order valence-corrected chi connectivity index (χ3v) is 2.95. The van der Waals surface area contributed by atoms with Crippen LogP contribution in [0.4, 0.5) is 5.82 Å². The van der Waals surface area contributed by atoms with Crippen molar-refractivity contribution in [2.75, 3.05) is 11.9 Å². The van der Waals surface area contributed by atoms with E-state index in [2.05, 4.69) is 29.5 Å². The van der Waals surface area contributed by atoms with Crippen LogP contribution in [0, 0.1) is 0 Å². The zero-order chi connectivity index (χ0) is 12.3. The topological polar surface area (TPSA) is 54.0 Å². The highest BCUT2D eigenvalue weighted by Crippen LogP contribution is 2.34. The first-order valence-corrected chi connectivity index (χ1v) is 6.16. The van der Waals surface area contributed by atoms with E-state index in [1.54, 1.807) is 6.07 Å². The number of carbonyl (C=O) groups is 1. The quantitative estimate of drug-likeness (QED) is 0.819. The minimum absolute atomic E-state index is 0.00557. The molecule has 1 aliphatic rings. The van der Waals surface area contributed by atoms with Gasteiger partial charge in [0, 0.05) is 12.1 Å². The van der Waals surface area contributed by atoms with Gasteiger partial charge in [0.15, 0.2) is 0 Å². The number of hydrogen-bond acceptors (Lipinski definition) is 3. The molecule has 0 unspecified atom stereocenters. The minimum Gasteiger partial charge on any atom is -0.370 e. The number of carbonyl (C=O) groups excluding carboxylic acids is 1. The second-order valence-electron chi connectivity index (χ2n) is 4.85. The predicted octanol–water partition coefficient (Wildman–Crippen LogP) is 2.19. The summed E-state index contributed by atoms with van der Waals surface area (Å²) in [6, 6.07) is 5.48. The van der Waals surface area contributed by atoms with Gasteiger partial charge in [0.25, 0.3) is 5.91 Å². The number of nitrogens with one attached hydrogen (secondary N) is 2. The second-order valence-corrected chi connectivity index (χ2v) is 4.85. The fraction of sp³-hybridized carbons (Fsp3) is 0.538. The molecule has 4 heteroatoms. The Bertz CT molecular complexity index is 413.